The van der Waals surface area contributed by atoms with E-state index >= 15 is 0 Å². The molecule has 0 spiro atoms. The average molecular weight is 285 g/mol. The third-order valence-corrected chi connectivity index (χ3v) is 4.03. The highest BCUT2D eigenvalue weighted by Crippen LogP contribution is 2.42. The lowest BCUT2D eigenvalue weighted by molar-refractivity contribution is 0.176. The monoisotopic (exact) mass is 285 g/mol. The van der Waals surface area contributed by atoms with Crippen molar-refractivity contribution in [3.05, 3.63) is 53.1 Å². The van der Waals surface area contributed by atoms with E-state index in [1.165, 1.54) is 0 Å². The van der Waals surface area contributed by atoms with Crippen LogP contribution >= 0.6 is 12.2 Å². The number of hydrogen-bond acceptors (Lipinski definition) is 3. The molecular weight excluding hydrogens is 270 g/mol. The quantitative estimate of drug-likeness (QED) is 0.742. The topological polar surface area (TPSA) is 66.5 Å². The van der Waals surface area contributed by atoms with Gasteiger partial charge in [0.2, 0.25) is 0 Å². The summed E-state index contributed by atoms with van der Waals surface area (Å²) >= 11 is 5.01. The van der Waals surface area contributed by atoms with E-state index in [9.17, 15) is 10.2 Å². The van der Waals surface area contributed by atoms with Crippen molar-refractivity contribution in [3.63, 3.8) is 0 Å². The molecule has 2 aromatic rings. The Bertz CT molecular complexity index is 697. The van der Waals surface area contributed by atoms with Crippen molar-refractivity contribution < 1.29 is 10.2 Å². The summed E-state index contributed by atoms with van der Waals surface area (Å²) in [7, 11) is 0. The second kappa shape index (κ2) is 4.89. The van der Waals surface area contributed by atoms with Gasteiger partial charge in [0.25, 0.3) is 0 Å². The van der Waals surface area contributed by atoms with Gasteiger partial charge in [-0.25, -0.2) is 0 Å². The average Bonchev–Trinajstić information content (AvgIpc) is 2.82. The van der Waals surface area contributed by atoms with Crippen LogP contribution in [0.1, 0.15) is 29.2 Å². The van der Waals surface area contributed by atoms with Crippen LogP contribution in [-0.4, -0.2) is 15.2 Å². The minimum absolute atomic E-state index is 0.166. The Kier molecular flexibility index (Phi) is 3.20. The summed E-state index contributed by atoms with van der Waals surface area (Å²) in [6.07, 6.45) is 0.829. The third-order valence-electron chi connectivity index (χ3n) is 3.79. The Morgan fingerprint density at radius 1 is 1.25 bits per heavy atom. The predicted octanol–water partition coefficient (Wildman–Crippen LogP) is 2.67. The van der Waals surface area contributed by atoms with Gasteiger partial charge in [-0.05, 0) is 41.7 Å². The Morgan fingerprint density at radius 2 is 2.05 bits per heavy atom. The molecule has 0 heterocycles. The van der Waals surface area contributed by atoms with Crippen molar-refractivity contribution >= 4 is 17.2 Å². The maximum atomic E-state index is 9.98. The van der Waals surface area contributed by atoms with E-state index in [2.05, 4.69) is 0 Å². The van der Waals surface area contributed by atoms with Gasteiger partial charge in [-0.1, -0.05) is 36.5 Å². The highest BCUT2D eigenvalue weighted by atomic mass is 32.1. The van der Waals surface area contributed by atoms with Gasteiger partial charge in [0.05, 0.1) is 6.10 Å². The molecule has 102 valence electrons. The SMILES string of the molecule is NC(=S)c1cccc(-c2ccc(O)c3c2CCC3O)c1. The lowest BCUT2D eigenvalue weighted by Crippen LogP contribution is -2.09. The number of nitrogens with two attached hydrogens (primary N) is 1. The fourth-order valence-electron chi connectivity index (χ4n) is 2.83. The number of aliphatic hydroxyl groups excluding tert-OH is 1. The van der Waals surface area contributed by atoms with E-state index in [4.69, 9.17) is 18.0 Å². The van der Waals surface area contributed by atoms with Crippen LogP contribution in [0.25, 0.3) is 11.1 Å². The number of aromatic hydroxyl groups is 1. The highest BCUT2D eigenvalue weighted by molar-refractivity contribution is 7.80. The largest absolute Gasteiger partial charge is 0.508 e. The van der Waals surface area contributed by atoms with Crippen LogP contribution in [0.5, 0.6) is 5.75 Å². The second-order valence-electron chi connectivity index (χ2n) is 5.02. The summed E-state index contributed by atoms with van der Waals surface area (Å²) in [5, 5.41) is 19.9. The summed E-state index contributed by atoms with van der Waals surface area (Å²) in [5.41, 5.74) is 10.2. The first-order valence-electron chi connectivity index (χ1n) is 6.51. The molecule has 4 heteroatoms. The van der Waals surface area contributed by atoms with Crippen LogP contribution in [0, 0.1) is 0 Å². The molecule has 3 nitrogen and oxygen atoms in total. The number of rotatable bonds is 2. The van der Waals surface area contributed by atoms with Crippen LogP contribution < -0.4 is 5.73 Å². The molecule has 20 heavy (non-hydrogen) atoms. The minimum Gasteiger partial charge on any atom is -0.508 e. The zero-order valence-corrected chi connectivity index (χ0v) is 11.7. The minimum atomic E-state index is -0.580. The molecule has 1 unspecified atom stereocenters. The molecule has 1 atom stereocenters. The highest BCUT2D eigenvalue weighted by Gasteiger charge is 2.26. The molecule has 1 aliphatic rings. The third kappa shape index (κ3) is 2.07. The molecule has 0 bridgehead atoms. The smallest absolute Gasteiger partial charge is 0.121 e. The van der Waals surface area contributed by atoms with Gasteiger partial charge >= 0.3 is 0 Å². The molecule has 0 aromatic heterocycles. The number of phenolic OH excluding ortho intramolecular Hbond substituents is 1. The van der Waals surface area contributed by atoms with Crippen LogP contribution in [0.4, 0.5) is 0 Å². The lowest BCUT2D eigenvalue weighted by atomic mass is 9.95. The van der Waals surface area contributed by atoms with Gasteiger partial charge in [0, 0.05) is 11.1 Å². The van der Waals surface area contributed by atoms with Crippen molar-refractivity contribution in [3.8, 4) is 16.9 Å². The molecule has 0 aliphatic heterocycles. The zero-order valence-electron chi connectivity index (χ0n) is 10.8. The van der Waals surface area contributed by atoms with E-state index in [0.717, 1.165) is 28.7 Å². The van der Waals surface area contributed by atoms with E-state index in [-0.39, 0.29) is 5.75 Å². The first kappa shape index (κ1) is 13.1. The summed E-state index contributed by atoms with van der Waals surface area (Å²) in [5.74, 6) is 0.166. The van der Waals surface area contributed by atoms with Gasteiger partial charge in [0.15, 0.2) is 0 Å². The van der Waals surface area contributed by atoms with Crippen LogP contribution in [0.3, 0.4) is 0 Å². The maximum absolute atomic E-state index is 9.98. The van der Waals surface area contributed by atoms with Crippen LogP contribution in [0.2, 0.25) is 0 Å². The lowest BCUT2D eigenvalue weighted by Gasteiger charge is -2.12. The number of thiocarbonyl (C=S) groups is 1. The van der Waals surface area contributed by atoms with Gasteiger partial charge in [0.1, 0.15) is 10.7 Å². The maximum Gasteiger partial charge on any atom is 0.121 e. The fraction of sp³-hybridized carbons (Fsp3) is 0.188. The molecule has 1 aliphatic carbocycles. The number of fused-ring (bicyclic) bond motifs is 1. The van der Waals surface area contributed by atoms with Gasteiger partial charge in [-0.3, -0.25) is 0 Å². The molecule has 3 rings (SSSR count). The standard InChI is InChI=1S/C16H15NO2S/c17-16(20)10-3-1-2-9(8-10)11-4-6-13(18)15-12(11)5-7-14(15)19/h1-4,6,8,14,18-19H,5,7H2,(H2,17,20). The number of benzene rings is 2. The molecule has 0 amide bonds. The van der Waals surface area contributed by atoms with Crippen molar-refractivity contribution in [2.24, 2.45) is 5.73 Å². The van der Waals surface area contributed by atoms with Crippen molar-refractivity contribution in [1.82, 2.24) is 0 Å². The molecule has 0 saturated heterocycles. The van der Waals surface area contributed by atoms with Crippen molar-refractivity contribution in [2.75, 3.05) is 0 Å². The van der Waals surface area contributed by atoms with Crippen molar-refractivity contribution in [2.45, 2.75) is 18.9 Å². The number of aliphatic hydroxyl groups is 1. The Hall–Kier alpha value is -1.91. The number of phenols is 1. The van der Waals surface area contributed by atoms with Crippen LogP contribution in [0.15, 0.2) is 36.4 Å². The molecule has 0 radical (unpaired) electrons. The second-order valence-corrected chi connectivity index (χ2v) is 5.46. The van der Waals surface area contributed by atoms with Crippen LogP contribution in [-0.2, 0) is 6.42 Å². The first-order chi connectivity index (χ1) is 9.58. The number of hydrogen-bond donors (Lipinski definition) is 3. The van der Waals surface area contributed by atoms with Gasteiger partial charge in [-0.2, -0.15) is 0 Å². The summed E-state index contributed by atoms with van der Waals surface area (Å²) in [6, 6.07) is 11.2. The molecule has 4 N–H and O–H groups in total. The van der Waals surface area contributed by atoms with Gasteiger partial charge < -0.3 is 15.9 Å². The first-order valence-corrected chi connectivity index (χ1v) is 6.92. The summed E-state index contributed by atoms with van der Waals surface area (Å²) < 4.78 is 0. The fourth-order valence-corrected chi connectivity index (χ4v) is 2.96. The molecule has 0 saturated carbocycles. The Morgan fingerprint density at radius 3 is 2.80 bits per heavy atom. The normalized spacial score (nSPS) is 16.9. The van der Waals surface area contributed by atoms with Gasteiger partial charge in [-0.15, -0.1) is 0 Å². The van der Waals surface area contributed by atoms with E-state index in [0.29, 0.717) is 17.0 Å². The summed E-state index contributed by atoms with van der Waals surface area (Å²) in [4.78, 5) is 0.363. The molecule has 2 aromatic carbocycles. The van der Waals surface area contributed by atoms with E-state index < -0.39 is 6.10 Å². The van der Waals surface area contributed by atoms with E-state index in [1.54, 1.807) is 6.07 Å². The predicted molar refractivity (Wildman–Crippen MR) is 82.7 cm³/mol. The Balaban J connectivity index is 2.17. The van der Waals surface area contributed by atoms with Crippen molar-refractivity contribution in [1.29, 1.82) is 0 Å². The Labute approximate surface area is 122 Å². The summed E-state index contributed by atoms with van der Waals surface area (Å²) in [6.45, 7) is 0. The zero-order chi connectivity index (χ0) is 14.3. The van der Waals surface area contributed by atoms with E-state index in [1.807, 2.05) is 30.3 Å². The molecule has 0 fully saturated rings. The molecular formula is C16H15NO2S.